The van der Waals surface area contributed by atoms with Crippen LogP contribution in [-0.2, 0) is 0 Å². The van der Waals surface area contributed by atoms with Crippen molar-refractivity contribution in [3.63, 3.8) is 0 Å². The third-order valence-corrected chi connectivity index (χ3v) is 2.01. The maximum Gasteiger partial charge on any atom is 0.0632 e. The van der Waals surface area contributed by atoms with E-state index in [1.54, 1.807) is 0 Å². The molecular weight excluding hydrogens is 126 g/mol. The summed E-state index contributed by atoms with van der Waals surface area (Å²) in [6.07, 6.45) is 5.40. The van der Waals surface area contributed by atoms with Gasteiger partial charge in [0, 0.05) is 6.04 Å². The molecule has 1 rings (SSSR count). The highest BCUT2D eigenvalue weighted by molar-refractivity contribution is 5.05. The quantitative estimate of drug-likeness (QED) is 0.602. The van der Waals surface area contributed by atoms with Gasteiger partial charge in [0.25, 0.3) is 0 Å². The molecule has 1 atom stereocenters. The number of nitrogens with one attached hydrogen (secondary N) is 1. The van der Waals surface area contributed by atoms with Crippen LogP contribution in [0.25, 0.3) is 0 Å². The Kier molecular flexibility index (Phi) is 2.75. The lowest BCUT2D eigenvalue weighted by Crippen LogP contribution is -2.31. The highest BCUT2D eigenvalue weighted by atomic mass is 16.3. The molecule has 0 fully saturated rings. The van der Waals surface area contributed by atoms with E-state index in [0.717, 1.165) is 19.3 Å². The second kappa shape index (κ2) is 3.62. The maximum absolute atomic E-state index is 8.76. The molecule has 0 aromatic carbocycles. The average Bonchev–Trinajstić information content (AvgIpc) is 2.05. The fraction of sp³-hybridized carbons (Fsp3) is 0.750. The Labute approximate surface area is 61.9 Å². The molecule has 0 saturated carbocycles. The van der Waals surface area contributed by atoms with Crippen LogP contribution in [0.4, 0.5) is 0 Å². The molecule has 0 spiro atoms. The first-order valence-electron chi connectivity index (χ1n) is 3.91. The van der Waals surface area contributed by atoms with Crippen LogP contribution in [0, 0.1) is 0 Å². The smallest absolute Gasteiger partial charge is 0.0632 e. The summed E-state index contributed by atoms with van der Waals surface area (Å²) in [5.41, 5.74) is 1.46. The Morgan fingerprint density at radius 3 is 3.00 bits per heavy atom. The van der Waals surface area contributed by atoms with Gasteiger partial charge in [0.2, 0.25) is 0 Å². The fourth-order valence-electron chi connectivity index (χ4n) is 1.17. The number of aliphatic hydroxyl groups excluding tert-OH is 1. The van der Waals surface area contributed by atoms with Crippen LogP contribution in [-0.4, -0.2) is 17.8 Å². The van der Waals surface area contributed by atoms with Gasteiger partial charge in [-0.05, 0) is 25.5 Å². The molecule has 0 unspecified atom stereocenters. The first-order chi connectivity index (χ1) is 4.86. The van der Waals surface area contributed by atoms with Crippen molar-refractivity contribution >= 4 is 0 Å². The molecule has 10 heavy (non-hydrogen) atoms. The van der Waals surface area contributed by atoms with Gasteiger partial charge in [-0.2, -0.15) is 0 Å². The summed E-state index contributed by atoms with van der Waals surface area (Å²) in [4.78, 5) is 0. The Balaban J connectivity index is 2.36. The highest BCUT2D eigenvalue weighted by Crippen LogP contribution is 2.14. The molecular formula is C8H15NO. The molecule has 0 aromatic rings. The van der Waals surface area contributed by atoms with E-state index in [1.807, 2.05) is 6.20 Å². The maximum atomic E-state index is 8.76. The van der Waals surface area contributed by atoms with E-state index in [-0.39, 0.29) is 6.61 Å². The Morgan fingerprint density at radius 2 is 2.60 bits per heavy atom. The first-order valence-corrected chi connectivity index (χ1v) is 3.91. The zero-order chi connectivity index (χ0) is 7.40. The summed E-state index contributed by atoms with van der Waals surface area (Å²) in [7, 11) is 0. The van der Waals surface area contributed by atoms with Crippen molar-refractivity contribution in [2.75, 3.05) is 6.61 Å². The van der Waals surface area contributed by atoms with Crippen molar-refractivity contribution in [2.45, 2.75) is 32.2 Å². The zero-order valence-corrected chi connectivity index (χ0v) is 6.43. The Hall–Kier alpha value is -0.500. The lowest BCUT2D eigenvalue weighted by atomic mass is 10.0. The third-order valence-electron chi connectivity index (χ3n) is 2.01. The van der Waals surface area contributed by atoms with E-state index < -0.39 is 0 Å². The zero-order valence-electron chi connectivity index (χ0n) is 6.43. The van der Waals surface area contributed by atoms with E-state index in [1.165, 1.54) is 5.57 Å². The fourth-order valence-corrected chi connectivity index (χ4v) is 1.17. The Morgan fingerprint density at radius 1 is 1.80 bits per heavy atom. The van der Waals surface area contributed by atoms with Crippen LogP contribution in [0.15, 0.2) is 11.8 Å². The molecule has 1 heterocycles. The number of hydrogen-bond acceptors (Lipinski definition) is 2. The summed E-state index contributed by atoms with van der Waals surface area (Å²) >= 11 is 0. The van der Waals surface area contributed by atoms with Gasteiger partial charge in [0.05, 0.1) is 6.61 Å². The largest absolute Gasteiger partial charge is 0.394 e. The average molecular weight is 141 g/mol. The normalized spacial score (nSPS) is 25.4. The first kappa shape index (κ1) is 7.61. The molecule has 0 bridgehead atoms. The third kappa shape index (κ3) is 1.74. The summed E-state index contributed by atoms with van der Waals surface area (Å²) in [5.74, 6) is 0. The second-order valence-electron chi connectivity index (χ2n) is 2.74. The monoisotopic (exact) mass is 141 g/mol. The molecule has 1 aliphatic heterocycles. The molecule has 2 N–H and O–H groups in total. The highest BCUT2D eigenvalue weighted by Gasteiger charge is 2.10. The molecule has 2 heteroatoms. The summed E-state index contributed by atoms with van der Waals surface area (Å²) < 4.78 is 0. The van der Waals surface area contributed by atoms with Crippen LogP contribution >= 0.6 is 0 Å². The summed E-state index contributed by atoms with van der Waals surface area (Å²) in [5, 5.41) is 11.9. The van der Waals surface area contributed by atoms with Crippen molar-refractivity contribution in [1.82, 2.24) is 5.32 Å². The molecule has 0 saturated heterocycles. The predicted molar refractivity (Wildman–Crippen MR) is 41.6 cm³/mol. The van der Waals surface area contributed by atoms with Crippen molar-refractivity contribution in [1.29, 1.82) is 0 Å². The molecule has 2 nitrogen and oxygen atoms in total. The van der Waals surface area contributed by atoms with Gasteiger partial charge in [0.15, 0.2) is 0 Å². The van der Waals surface area contributed by atoms with E-state index in [9.17, 15) is 0 Å². The van der Waals surface area contributed by atoms with Gasteiger partial charge in [-0.15, -0.1) is 0 Å². The predicted octanol–water partition coefficient (Wildman–Crippen LogP) is 1.02. The minimum absolute atomic E-state index is 0.257. The standard InChI is InChI=1S/C8H15NO/c1-2-7-3-4-8(6-10)9-5-7/h5,8-10H,2-4,6H2,1H3/t8-/m0/s1. The van der Waals surface area contributed by atoms with Crippen LogP contribution < -0.4 is 5.32 Å². The van der Waals surface area contributed by atoms with Crippen LogP contribution in [0.2, 0.25) is 0 Å². The molecule has 58 valence electrons. The minimum atomic E-state index is 0.257. The van der Waals surface area contributed by atoms with E-state index in [4.69, 9.17) is 5.11 Å². The van der Waals surface area contributed by atoms with Crippen LogP contribution in [0.3, 0.4) is 0 Å². The lowest BCUT2D eigenvalue weighted by molar-refractivity contribution is 0.241. The number of rotatable bonds is 2. The van der Waals surface area contributed by atoms with Crippen molar-refractivity contribution < 1.29 is 5.11 Å². The van der Waals surface area contributed by atoms with Gasteiger partial charge in [-0.3, -0.25) is 0 Å². The van der Waals surface area contributed by atoms with Gasteiger partial charge in [-0.25, -0.2) is 0 Å². The lowest BCUT2D eigenvalue weighted by Gasteiger charge is -2.21. The number of allylic oxidation sites excluding steroid dienone is 1. The molecule has 0 amide bonds. The molecule has 0 aliphatic carbocycles. The minimum Gasteiger partial charge on any atom is -0.394 e. The summed E-state index contributed by atoms with van der Waals surface area (Å²) in [6.45, 7) is 2.42. The number of aliphatic hydroxyl groups is 1. The van der Waals surface area contributed by atoms with Crippen molar-refractivity contribution in [2.24, 2.45) is 0 Å². The molecule has 1 aliphatic rings. The van der Waals surface area contributed by atoms with Crippen molar-refractivity contribution in [3.05, 3.63) is 11.8 Å². The van der Waals surface area contributed by atoms with Gasteiger partial charge >= 0.3 is 0 Å². The van der Waals surface area contributed by atoms with Gasteiger partial charge in [-0.1, -0.05) is 12.5 Å². The molecule has 0 aromatic heterocycles. The molecule has 0 radical (unpaired) electrons. The van der Waals surface area contributed by atoms with E-state index in [2.05, 4.69) is 12.2 Å². The van der Waals surface area contributed by atoms with Gasteiger partial charge < -0.3 is 10.4 Å². The van der Waals surface area contributed by atoms with Crippen LogP contribution in [0.5, 0.6) is 0 Å². The number of hydrogen-bond donors (Lipinski definition) is 2. The van der Waals surface area contributed by atoms with Crippen molar-refractivity contribution in [3.8, 4) is 0 Å². The second-order valence-corrected chi connectivity index (χ2v) is 2.74. The van der Waals surface area contributed by atoms with E-state index in [0.29, 0.717) is 6.04 Å². The topological polar surface area (TPSA) is 32.3 Å². The SMILES string of the molecule is CCC1=CN[C@H](CO)CC1. The summed E-state index contributed by atoms with van der Waals surface area (Å²) in [6, 6.07) is 0.301. The van der Waals surface area contributed by atoms with Gasteiger partial charge in [0.1, 0.15) is 0 Å². The Bertz CT molecular complexity index is 131. The van der Waals surface area contributed by atoms with Crippen LogP contribution in [0.1, 0.15) is 26.2 Å². The van der Waals surface area contributed by atoms with E-state index >= 15 is 0 Å².